The number of ether oxygens (including phenoxy) is 1. The van der Waals surface area contributed by atoms with E-state index < -0.39 is 6.04 Å². The Kier molecular flexibility index (Phi) is 4.98. The van der Waals surface area contributed by atoms with Gasteiger partial charge in [0.15, 0.2) is 0 Å². The number of unbranched alkanes of at least 4 members (excludes halogenated alkanes) is 1. The first kappa shape index (κ1) is 14.4. The number of carbonyl (C=O) groups is 2. The van der Waals surface area contributed by atoms with E-state index in [0.29, 0.717) is 25.1 Å². The van der Waals surface area contributed by atoms with Gasteiger partial charge in [0.1, 0.15) is 11.8 Å². The second-order valence-corrected chi connectivity index (χ2v) is 4.87. The standard InChI is InChI=1S/C15H20N2O3/c1-2-3-10-20-12-6-4-11(5-7-12)16-15(19)13-8-9-14(18)17-13/h4-7,13H,2-3,8-10H2,1H3,(H,16,19)(H,17,18). The Morgan fingerprint density at radius 2 is 2.15 bits per heavy atom. The van der Waals surface area contributed by atoms with Crippen LogP contribution in [0, 0.1) is 0 Å². The molecule has 1 atom stereocenters. The van der Waals surface area contributed by atoms with Gasteiger partial charge in [-0.05, 0) is 37.1 Å². The number of hydrogen-bond acceptors (Lipinski definition) is 3. The van der Waals surface area contributed by atoms with E-state index in [1.807, 2.05) is 12.1 Å². The maximum atomic E-state index is 11.9. The van der Waals surface area contributed by atoms with E-state index in [0.717, 1.165) is 18.6 Å². The fourth-order valence-electron chi connectivity index (χ4n) is 2.01. The number of hydrogen-bond donors (Lipinski definition) is 2. The van der Waals surface area contributed by atoms with Crippen molar-refractivity contribution < 1.29 is 14.3 Å². The minimum absolute atomic E-state index is 0.0650. The molecule has 0 aliphatic carbocycles. The summed E-state index contributed by atoms with van der Waals surface area (Å²) >= 11 is 0. The molecule has 5 nitrogen and oxygen atoms in total. The lowest BCUT2D eigenvalue weighted by Gasteiger charge is -2.11. The Morgan fingerprint density at radius 1 is 1.40 bits per heavy atom. The van der Waals surface area contributed by atoms with Crippen molar-refractivity contribution in [2.75, 3.05) is 11.9 Å². The smallest absolute Gasteiger partial charge is 0.246 e. The molecular weight excluding hydrogens is 256 g/mol. The zero-order chi connectivity index (χ0) is 14.4. The third-order valence-corrected chi connectivity index (χ3v) is 3.20. The predicted molar refractivity (Wildman–Crippen MR) is 76.6 cm³/mol. The molecule has 5 heteroatoms. The van der Waals surface area contributed by atoms with E-state index in [1.165, 1.54) is 0 Å². The summed E-state index contributed by atoms with van der Waals surface area (Å²) in [6.45, 7) is 2.82. The molecule has 1 saturated heterocycles. The second-order valence-electron chi connectivity index (χ2n) is 4.87. The zero-order valence-corrected chi connectivity index (χ0v) is 11.6. The van der Waals surface area contributed by atoms with E-state index in [-0.39, 0.29) is 11.8 Å². The van der Waals surface area contributed by atoms with Gasteiger partial charge < -0.3 is 15.4 Å². The molecule has 1 aliphatic heterocycles. The molecule has 0 aromatic heterocycles. The van der Waals surface area contributed by atoms with Crippen LogP contribution in [-0.2, 0) is 9.59 Å². The quantitative estimate of drug-likeness (QED) is 0.782. The lowest BCUT2D eigenvalue weighted by Crippen LogP contribution is -2.37. The number of amides is 2. The first-order valence-corrected chi connectivity index (χ1v) is 7.02. The van der Waals surface area contributed by atoms with Crippen LogP contribution in [0.5, 0.6) is 5.75 Å². The molecule has 0 spiro atoms. The molecule has 0 radical (unpaired) electrons. The third kappa shape index (κ3) is 3.98. The molecular formula is C15H20N2O3. The highest BCUT2D eigenvalue weighted by Crippen LogP contribution is 2.17. The minimum atomic E-state index is -0.414. The summed E-state index contributed by atoms with van der Waals surface area (Å²) < 4.78 is 5.55. The van der Waals surface area contributed by atoms with Gasteiger partial charge in [0.2, 0.25) is 11.8 Å². The van der Waals surface area contributed by atoms with Crippen LogP contribution in [0.3, 0.4) is 0 Å². The third-order valence-electron chi connectivity index (χ3n) is 3.20. The van der Waals surface area contributed by atoms with E-state index in [2.05, 4.69) is 17.6 Å². The van der Waals surface area contributed by atoms with Crippen LogP contribution < -0.4 is 15.4 Å². The Hall–Kier alpha value is -2.04. The highest BCUT2D eigenvalue weighted by molar-refractivity contribution is 5.98. The average molecular weight is 276 g/mol. The molecule has 2 rings (SSSR count). The molecule has 20 heavy (non-hydrogen) atoms. The number of nitrogens with one attached hydrogen (secondary N) is 2. The van der Waals surface area contributed by atoms with Gasteiger partial charge >= 0.3 is 0 Å². The summed E-state index contributed by atoms with van der Waals surface area (Å²) in [5.41, 5.74) is 0.707. The van der Waals surface area contributed by atoms with Gasteiger partial charge in [-0.25, -0.2) is 0 Å². The normalized spacial score (nSPS) is 17.6. The summed E-state index contributed by atoms with van der Waals surface area (Å²) in [5.74, 6) is 0.561. The van der Waals surface area contributed by atoms with Crippen molar-refractivity contribution in [1.29, 1.82) is 0 Å². The van der Waals surface area contributed by atoms with Gasteiger partial charge in [0, 0.05) is 12.1 Å². The molecule has 1 fully saturated rings. The maximum Gasteiger partial charge on any atom is 0.246 e. The number of anilines is 1. The first-order chi connectivity index (χ1) is 9.69. The van der Waals surface area contributed by atoms with E-state index in [1.54, 1.807) is 12.1 Å². The molecule has 1 aliphatic rings. The van der Waals surface area contributed by atoms with Crippen molar-refractivity contribution in [3.05, 3.63) is 24.3 Å². The van der Waals surface area contributed by atoms with Crippen LogP contribution in [0.4, 0.5) is 5.69 Å². The van der Waals surface area contributed by atoms with Crippen molar-refractivity contribution in [3.8, 4) is 5.75 Å². The summed E-state index contributed by atoms with van der Waals surface area (Å²) in [5, 5.41) is 5.43. The van der Waals surface area contributed by atoms with Crippen molar-refractivity contribution in [2.45, 2.75) is 38.6 Å². The largest absolute Gasteiger partial charge is 0.494 e. The Morgan fingerprint density at radius 3 is 2.75 bits per heavy atom. The minimum Gasteiger partial charge on any atom is -0.494 e. The SMILES string of the molecule is CCCCOc1ccc(NC(=O)C2CCC(=O)N2)cc1. The Labute approximate surface area is 118 Å². The molecule has 1 aromatic rings. The molecule has 108 valence electrons. The van der Waals surface area contributed by atoms with Gasteiger partial charge in [-0.1, -0.05) is 13.3 Å². The highest BCUT2D eigenvalue weighted by atomic mass is 16.5. The van der Waals surface area contributed by atoms with E-state index >= 15 is 0 Å². The highest BCUT2D eigenvalue weighted by Gasteiger charge is 2.26. The Balaban J connectivity index is 1.84. The topological polar surface area (TPSA) is 67.4 Å². The molecule has 2 N–H and O–H groups in total. The fourth-order valence-corrected chi connectivity index (χ4v) is 2.01. The summed E-state index contributed by atoms with van der Waals surface area (Å²) in [7, 11) is 0. The van der Waals surface area contributed by atoms with Gasteiger partial charge in [0.25, 0.3) is 0 Å². The predicted octanol–water partition coefficient (Wildman–Crippen LogP) is 2.08. The van der Waals surface area contributed by atoms with Crippen molar-refractivity contribution >= 4 is 17.5 Å². The number of carbonyl (C=O) groups excluding carboxylic acids is 2. The fraction of sp³-hybridized carbons (Fsp3) is 0.467. The summed E-state index contributed by atoms with van der Waals surface area (Å²) in [6, 6.07) is 6.85. The molecule has 1 aromatic carbocycles. The van der Waals surface area contributed by atoms with Crippen LogP contribution in [0.2, 0.25) is 0 Å². The molecule has 0 bridgehead atoms. The van der Waals surface area contributed by atoms with Crippen molar-refractivity contribution in [2.24, 2.45) is 0 Å². The van der Waals surface area contributed by atoms with E-state index in [9.17, 15) is 9.59 Å². The first-order valence-electron chi connectivity index (χ1n) is 7.02. The average Bonchev–Trinajstić information content (AvgIpc) is 2.88. The maximum absolute atomic E-state index is 11.9. The lowest BCUT2D eigenvalue weighted by molar-refractivity contribution is -0.122. The molecule has 0 saturated carbocycles. The van der Waals surface area contributed by atoms with Crippen molar-refractivity contribution in [1.82, 2.24) is 5.32 Å². The Bertz CT molecular complexity index is 471. The molecule has 2 amide bonds. The zero-order valence-electron chi connectivity index (χ0n) is 11.6. The second kappa shape index (κ2) is 6.93. The lowest BCUT2D eigenvalue weighted by atomic mass is 10.2. The van der Waals surface area contributed by atoms with Crippen LogP contribution in [-0.4, -0.2) is 24.5 Å². The molecule has 1 unspecified atom stereocenters. The van der Waals surface area contributed by atoms with Gasteiger partial charge in [-0.2, -0.15) is 0 Å². The summed E-state index contributed by atoms with van der Waals surface area (Å²) in [4.78, 5) is 23.0. The number of rotatable bonds is 6. The molecule has 1 heterocycles. The van der Waals surface area contributed by atoms with Gasteiger partial charge in [-0.3, -0.25) is 9.59 Å². The van der Waals surface area contributed by atoms with Gasteiger partial charge in [-0.15, -0.1) is 0 Å². The van der Waals surface area contributed by atoms with Crippen LogP contribution >= 0.6 is 0 Å². The van der Waals surface area contributed by atoms with Crippen molar-refractivity contribution in [3.63, 3.8) is 0 Å². The van der Waals surface area contributed by atoms with Crippen LogP contribution in [0.1, 0.15) is 32.6 Å². The van der Waals surface area contributed by atoms with Crippen LogP contribution in [0.15, 0.2) is 24.3 Å². The number of benzene rings is 1. The van der Waals surface area contributed by atoms with Gasteiger partial charge in [0.05, 0.1) is 6.61 Å². The monoisotopic (exact) mass is 276 g/mol. The summed E-state index contributed by atoms with van der Waals surface area (Å²) in [6.07, 6.45) is 3.10. The van der Waals surface area contributed by atoms with E-state index in [4.69, 9.17) is 4.74 Å². The van der Waals surface area contributed by atoms with Crippen LogP contribution in [0.25, 0.3) is 0 Å².